The second-order valence-corrected chi connectivity index (χ2v) is 5.79. The van der Waals surface area contributed by atoms with Gasteiger partial charge in [-0.15, -0.1) is 0 Å². The molecule has 0 radical (unpaired) electrons. The molecule has 0 saturated heterocycles. The van der Waals surface area contributed by atoms with Crippen LogP contribution < -0.4 is 15.4 Å². The molecule has 2 amide bonds. The highest BCUT2D eigenvalue weighted by Gasteiger charge is 2.02. The lowest BCUT2D eigenvalue weighted by molar-refractivity contribution is 0.240. The van der Waals surface area contributed by atoms with E-state index in [4.69, 9.17) is 4.74 Å². The van der Waals surface area contributed by atoms with E-state index in [1.165, 1.54) is 0 Å². The first-order valence-electron chi connectivity index (χ1n) is 8.24. The van der Waals surface area contributed by atoms with Crippen molar-refractivity contribution in [3.8, 4) is 5.75 Å². The van der Waals surface area contributed by atoms with Crippen LogP contribution >= 0.6 is 0 Å². The quantitative estimate of drug-likeness (QED) is 0.731. The molecule has 2 N–H and O–H groups in total. The van der Waals surface area contributed by atoms with E-state index in [1.807, 2.05) is 42.8 Å². The van der Waals surface area contributed by atoms with Crippen molar-refractivity contribution in [2.45, 2.75) is 33.2 Å². The fourth-order valence-electron chi connectivity index (χ4n) is 2.54. The topological polar surface area (TPSA) is 68.2 Å². The minimum Gasteiger partial charge on any atom is -0.497 e. The highest BCUT2D eigenvalue weighted by molar-refractivity contribution is 5.73. The summed E-state index contributed by atoms with van der Waals surface area (Å²) in [5.41, 5.74) is 3.31. The first kappa shape index (κ1) is 17.8. The second kappa shape index (κ2) is 8.96. The second-order valence-electron chi connectivity index (χ2n) is 5.79. The van der Waals surface area contributed by atoms with Gasteiger partial charge in [-0.25, -0.2) is 4.79 Å². The number of carbonyl (C=O) groups is 1. The van der Waals surface area contributed by atoms with E-state index < -0.39 is 0 Å². The van der Waals surface area contributed by atoms with Crippen LogP contribution in [0.3, 0.4) is 0 Å². The molecule has 130 valence electrons. The lowest BCUT2D eigenvalue weighted by atomic mass is 10.1. The van der Waals surface area contributed by atoms with E-state index in [2.05, 4.69) is 21.8 Å². The van der Waals surface area contributed by atoms with Crippen molar-refractivity contribution in [1.29, 1.82) is 0 Å². The maximum atomic E-state index is 11.8. The predicted octanol–water partition coefficient (Wildman–Crippen LogP) is 2.44. The minimum absolute atomic E-state index is 0.133. The van der Waals surface area contributed by atoms with Gasteiger partial charge in [0, 0.05) is 25.3 Å². The zero-order valence-electron chi connectivity index (χ0n) is 14.6. The van der Waals surface area contributed by atoms with Gasteiger partial charge in [-0.1, -0.05) is 12.1 Å². The lowest BCUT2D eigenvalue weighted by Crippen LogP contribution is -2.37. The van der Waals surface area contributed by atoms with Crippen LogP contribution in [0.15, 0.2) is 30.3 Å². The molecule has 1 heterocycles. The van der Waals surface area contributed by atoms with Gasteiger partial charge in [-0.05, 0) is 50.5 Å². The number of nitrogens with one attached hydrogen (secondary N) is 2. The number of methoxy groups -OCH3 is 1. The van der Waals surface area contributed by atoms with Crippen molar-refractivity contribution < 1.29 is 9.53 Å². The maximum absolute atomic E-state index is 11.8. The Balaban J connectivity index is 1.60. The third kappa shape index (κ3) is 5.61. The minimum atomic E-state index is -0.133. The zero-order valence-corrected chi connectivity index (χ0v) is 14.6. The number of amides is 2. The van der Waals surface area contributed by atoms with Crippen molar-refractivity contribution in [1.82, 2.24) is 20.4 Å². The third-order valence-electron chi connectivity index (χ3n) is 3.77. The molecule has 0 unspecified atom stereocenters. The summed E-state index contributed by atoms with van der Waals surface area (Å²) < 4.78 is 7.16. The molecular weight excluding hydrogens is 304 g/mol. The van der Waals surface area contributed by atoms with E-state index in [1.54, 1.807) is 7.11 Å². The van der Waals surface area contributed by atoms with Crippen molar-refractivity contribution >= 4 is 6.03 Å². The molecular formula is C18H26N4O2. The van der Waals surface area contributed by atoms with Gasteiger partial charge in [0.15, 0.2) is 0 Å². The Morgan fingerprint density at radius 2 is 2.00 bits per heavy atom. The van der Waals surface area contributed by atoms with Crippen molar-refractivity contribution in [3.63, 3.8) is 0 Å². The molecule has 0 aliphatic rings. The Labute approximate surface area is 143 Å². The van der Waals surface area contributed by atoms with Crippen LogP contribution in [0.1, 0.15) is 23.4 Å². The summed E-state index contributed by atoms with van der Waals surface area (Å²) in [4.78, 5) is 11.8. The number of rotatable bonds is 8. The molecule has 1 aromatic carbocycles. The summed E-state index contributed by atoms with van der Waals surface area (Å²) in [6.45, 7) is 6.06. The molecule has 24 heavy (non-hydrogen) atoms. The lowest BCUT2D eigenvalue weighted by Gasteiger charge is -2.09. The Bertz CT molecular complexity index is 667. The van der Waals surface area contributed by atoms with Crippen LogP contribution in [0.25, 0.3) is 0 Å². The normalized spacial score (nSPS) is 10.5. The number of hydrogen-bond donors (Lipinski definition) is 2. The molecule has 6 nitrogen and oxygen atoms in total. The monoisotopic (exact) mass is 330 g/mol. The van der Waals surface area contributed by atoms with E-state index >= 15 is 0 Å². The highest BCUT2D eigenvalue weighted by atomic mass is 16.5. The number of ether oxygens (including phenoxy) is 1. The number of benzene rings is 1. The molecule has 0 aliphatic carbocycles. The predicted molar refractivity (Wildman–Crippen MR) is 94.4 cm³/mol. The smallest absolute Gasteiger partial charge is 0.314 e. The molecule has 1 aromatic heterocycles. The van der Waals surface area contributed by atoms with Gasteiger partial charge in [0.25, 0.3) is 0 Å². The SMILES string of the molecule is COc1cccc(CCNC(=O)NCCCn2nc(C)cc2C)c1. The van der Waals surface area contributed by atoms with Crippen LogP contribution in [-0.4, -0.2) is 36.0 Å². The van der Waals surface area contributed by atoms with Crippen molar-refractivity contribution in [2.75, 3.05) is 20.2 Å². The first-order valence-corrected chi connectivity index (χ1v) is 8.24. The average Bonchev–Trinajstić information content (AvgIpc) is 2.89. The van der Waals surface area contributed by atoms with Gasteiger partial charge in [-0.3, -0.25) is 4.68 Å². The summed E-state index contributed by atoms with van der Waals surface area (Å²) in [6, 6.07) is 9.79. The molecule has 2 rings (SSSR count). The standard InChI is InChI=1S/C18H26N4O2/c1-14-12-15(2)22(21-14)11-5-9-19-18(23)20-10-8-16-6-4-7-17(13-16)24-3/h4,6-7,12-13H,5,8-11H2,1-3H3,(H2,19,20,23). The molecule has 0 bridgehead atoms. The zero-order chi connectivity index (χ0) is 17.4. The Morgan fingerprint density at radius 3 is 2.71 bits per heavy atom. The molecule has 6 heteroatoms. The molecule has 2 aromatic rings. The first-order chi connectivity index (χ1) is 11.6. The van der Waals surface area contributed by atoms with Gasteiger partial charge >= 0.3 is 6.03 Å². The van der Waals surface area contributed by atoms with E-state index in [-0.39, 0.29) is 6.03 Å². The molecule has 0 saturated carbocycles. The number of nitrogens with zero attached hydrogens (tertiary/aromatic N) is 2. The Kier molecular flexibility index (Phi) is 6.66. The summed E-state index contributed by atoms with van der Waals surface area (Å²) >= 11 is 0. The van der Waals surface area contributed by atoms with E-state index in [0.29, 0.717) is 13.1 Å². The number of urea groups is 1. The van der Waals surface area contributed by atoms with Gasteiger partial charge in [0.1, 0.15) is 5.75 Å². The van der Waals surface area contributed by atoms with Gasteiger partial charge in [0.05, 0.1) is 12.8 Å². The highest BCUT2D eigenvalue weighted by Crippen LogP contribution is 2.12. The Hall–Kier alpha value is -2.50. The van der Waals surface area contributed by atoms with E-state index in [9.17, 15) is 4.79 Å². The molecule has 0 atom stereocenters. The average molecular weight is 330 g/mol. The number of carbonyl (C=O) groups excluding carboxylic acids is 1. The number of aromatic nitrogens is 2. The summed E-state index contributed by atoms with van der Waals surface area (Å²) in [5, 5.41) is 10.1. The van der Waals surface area contributed by atoms with Crippen LogP contribution in [0, 0.1) is 13.8 Å². The molecule has 0 fully saturated rings. The van der Waals surface area contributed by atoms with Crippen LogP contribution in [0.4, 0.5) is 4.79 Å². The number of aryl methyl sites for hydroxylation is 3. The fourth-order valence-corrected chi connectivity index (χ4v) is 2.54. The largest absolute Gasteiger partial charge is 0.497 e. The van der Waals surface area contributed by atoms with Gasteiger partial charge in [0.2, 0.25) is 0 Å². The Morgan fingerprint density at radius 1 is 1.21 bits per heavy atom. The molecule has 0 aliphatic heterocycles. The third-order valence-corrected chi connectivity index (χ3v) is 3.77. The van der Waals surface area contributed by atoms with Crippen molar-refractivity contribution in [2.24, 2.45) is 0 Å². The van der Waals surface area contributed by atoms with Crippen molar-refractivity contribution in [3.05, 3.63) is 47.3 Å². The van der Waals surface area contributed by atoms with Gasteiger partial charge < -0.3 is 15.4 Å². The van der Waals surface area contributed by atoms with Gasteiger partial charge in [-0.2, -0.15) is 5.10 Å². The van der Waals surface area contributed by atoms with Crippen LogP contribution in [0.2, 0.25) is 0 Å². The fraction of sp³-hybridized carbons (Fsp3) is 0.444. The van der Waals surface area contributed by atoms with Crippen LogP contribution in [0.5, 0.6) is 5.75 Å². The number of hydrogen-bond acceptors (Lipinski definition) is 3. The molecule has 0 spiro atoms. The summed E-state index contributed by atoms with van der Waals surface area (Å²) in [6.07, 6.45) is 1.63. The van der Waals surface area contributed by atoms with Crippen LogP contribution in [-0.2, 0) is 13.0 Å². The van der Waals surface area contributed by atoms with E-state index in [0.717, 1.165) is 42.1 Å². The summed E-state index contributed by atoms with van der Waals surface area (Å²) in [5.74, 6) is 0.834. The maximum Gasteiger partial charge on any atom is 0.314 e. The summed E-state index contributed by atoms with van der Waals surface area (Å²) in [7, 11) is 1.65.